The van der Waals surface area contributed by atoms with Crippen molar-refractivity contribution < 1.29 is 19.6 Å². The molecule has 8 heteroatoms. The van der Waals surface area contributed by atoms with Crippen molar-refractivity contribution in [3.05, 3.63) is 80.9 Å². The molecule has 1 amide bonds. The maximum absolute atomic E-state index is 12.9. The monoisotopic (exact) mass is 423 g/mol. The number of ketones is 1. The highest BCUT2D eigenvalue weighted by molar-refractivity contribution is 6.46. The van der Waals surface area contributed by atoms with Crippen LogP contribution in [-0.2, 0) is 9.59 Å². The van der Waals surface area contributed by atoms with Gasteiger partial charge in [-0.2, -0.15) is 0 Å². The first kappa shape index (κ1) is 22.2. The highest BCUT2D eigenvalue weighted by Crippen LogP contribution is 2.40. The van der Waals surface area contributed by atoms with Crippen LogP contribution in [0.4, 0.5) is 5.69 Å². The van der Waals surface area contributed by atoms with E-state index in [-0.39, 0.29) is 23.6 Å². The van der Waals surface area contributed by atoms with Gasteiger partial charge >= 0.3 is 0 Å². The second kappa shape index (κ2) is 9.09. The van der Waals surface area contributed by atoms with Gasteiger partial charge in [0.2, 0.25) is 0 Å². The zero-order valence-electron chi connectivity index (χ0n) is 17.7. The molecule has 0 aliphatic carbocycles. The first-order valence-electron chi connectivity index (χ1n) is 9.95. The Bertz CT molecular complexity index is 1040. The Morgan fingerprint density at radius 3 is 2.45 bits per heavy atom. The van der Waals surface area contributed by atoms with Crippen molar-refractivity contribution in [2.24, 2.45) is 0 Å². The summed E-state index contributed by atoms with van der Waals surface area (Å²) < 4.78 is 0. The summed E-state index contributed by atoms with van der Waals surface area (Å²) >= 11 is 0. The number of hydrogen-bond donors (Lipinski definition) is 1. The van der Waals surface area contributed by atoms with E-state index in [0.717, 1.165) is 5.56 Å². The number of rotatable bonds is 7. The molecule has 1 aliphatic rings. The summed E-state index contributed by atoms with van der Waals surface area (Å²) in [4.78, 5) is 39.9. The average Bonchev–Trinajstić information content (AvgIpc) is 2.98. The third kappa shape index (κ3) is 4.64. The van der Waals surface area contributed by atoms with Crippen LogP contribution in [-0.4, -0.2) is 58.7 Å². The fourth-order valence-corrected chi connectivity index (χ4v) is 3.69. The lowest BCUT2D eigenvalue weighted by atomic mass is 9.94. The molecule has 0 bridgehead atoms. The SMILES string of the molecule is Cc1ccc(/C(O)=C2\C(=O)C(=O)N(CCCN(C)C)C2c2cccc([N+](=O)[O-])c2)cc1. The fraction of sp³-hybridized carbons (Fsp3) is 0.304. The standard InChI is InChI=1S/C23H25N3O5/c1-15-8-10-16(11-9-15)21(27)19-20(17-6-4-7-18(14-17)26(30)31)25(23(29)22(19)28)13-5-12-24(2)3/h4,6-11,14,20,27H,5,12-13H2,1-3H3/b21-19+. The van der Waals surface area contributed by atoms with Crippen molar-refractivity contribution >= 4 is 23.1 Å². The first-order valence-corrected chi connectivity index (χ1v) is 9.95. The molecule has 1 aliphatic heterocycles. The van der Waals surface area contributed by atoms with Crippen LogP contribution in [0.15, 0.2) is 54.1 Å². The summed E-state index contributed by atoms with van der Waals surface area (Å²) in [6, 6.07) is 11.9. The van der Waals surface area contributed by atoms with Crippen molar-refractivity contribution in [3.8, 4) is 0 Å². The maximum atomic E-state index is 12.9. The molecule has 31 heavy (non-hydrogen) atoms. The smallest absolute Gasteiger partial charge is 0.295 e. The van der Waals surface area contributed by atoms with Crippen LogP contribution >= 0.6 is 0 Å². The second-order valence-corrected chi connectivity index (χ2v) is 7.87. The van der Waals surface area contributed by atoms with E-state index in [0.29, 0.717) is 24.1 Å². The summed E-state index contributed by atoms with van der Waals surface area (Å²) in [7, 11) is 3.81. The van der Waals surface area contributed by atoms with Crippen molar-refractivity contribution in [2.75, 3.05) is 27.2 Å². The van der Waals surface area contributed by atoms with Gasteiger partial charge in [0.15, 0.2) is 0 Å². The van der Waals surface area contributed by atoms with Gasteiger partial charge in [0.25, 0.3) is 17.4 Å². The summed E-state index contributed by atoms with van der Waals surface area (Å²) in [6.45, 7) is 2.88. The quantitative estimate of drug-likeness (QED) is 0.241. The zero-order valence-corrected chi connectivity index (χ0v) is 17.7. The maximum Gasteiger partial charge on any atom is 0.295 e. The van der Waals surface area contributed by atoms with E-state index in [4.69, 9.17) is 0 Å². The number of nitro groups is 1. The van der Waals surface area contributed by atoms with Crippen molar-refractivity contribution in [3.63, 3.8) is 0 Å². The lowest BCUT2D eigenvalue weighted by Gasteiger charge is -2.25. The Kier molecular flexibility index (Phi) is 6.50. The minimum Gasteiger partial charge on any atom is -0.507 e. The van der Waals surface area contributed by atoms with Crippen LogP contribution < -0.4 is 0 Å². The van der Waals surface area contributed by atoms with E-state index >= 15 is 0 Å². The number of amides is 1. The molecule has 1 N–H and O–H groups in total. The van der Waals surface area contributed by atoms with Crippen LogP contribution in [0.3, 0.4) is 0 Å². The number of Topliss-reactive ketones (excluding diaryl/α,β-unsaturated/α-hetero) is 1. The largest absolute Gasteiger partial charge is 0.507 e. The Morgan fingerprint density at radius 2 is 1.84 bits per heavy atom. The summed E-state index contributed by atoms with van der Waals surface area (Å²) in [6.07, 6.45) is 0.607. The highest BCUT2D eigenvalue weighted by atomic mass is 16.6. The summed E-state index contributed by atoms with van der Waals surface area (Å²) in [5, 5.41) is 22.3. The van der Waals surface area contributed by atoms with E-state index in [1.165, 1.54) is 23.1 Å². The Labute approximate surface area is 180 Å². The Balaban J connectivity index is 2.13. The topological polar surface area (TPSA) is 104 Å². The molecule has 162 valence electrons. The number of aryl methyl sites for hydroxylation is 1. The molecule has 0 aromatic heterocycles. The van der Waals surface area contributed by atoms with E-state index in [1.54, 1.807) is 30.3 Å². The minimum atomic E-state index is -0.900. The molecule has 2 aromatic rings. The van der Waals surface area contributed by atoms with Gasteiger partial charge in [0, 0.05) is 24.2 Å². The third-order valence-electron chi connectivity index (χ3n) is 5.27. The molecule has 0 spiro atoms. The molecule has 1 heterocycles. The number of hydrogen-bond acceptors (Lipinski definition) is 6. The van der Waals surface area contributed by atoms with Crippen molar-refractivity contribution in [1.82, 2.24) is 9.80 Å². The predicted octanol–water partition coefficient (Wildman–Crippen LogP) is 3.28. The number of carbonyl (C=O) groups is 2. The van der Waals surface area contributed by atoms with Crippen LogP contribution in [0, 0.1) is 17.0 Å². The van der Waals surface area contributed by atoms with E-state index in [1.807, 2.05) is 25.9 Å². The average molecular weight is 423 g/mol. The van der Waals surface area contributed by atoms with Gasteiger partial charge in [0.1, 0.15) is 5.76 Å². The van der Waals surface area contributed by atoms with Crippen LogP contribution in [0.25, 0.3) is 5.76 Å². The number of likely N-dealkylation sites (tertiary alicyclic amines) is 1. The van der Waals surface area contributed by atoms with Crippen molar-refractivity contribution in [2.45, 2.75) is 19.4 Å². The molecule has 1 unspecified atom stereocenters. The molecule has 1 atom stereocenters. The third-order valence-corrected chi connectivity index (χ3v) is 5.27. The van der Waals surface area contributed by atoms with Gasteiger partial charge in [-0.05, 0) is 39.5 Å². The molecule has 1 saturated heterocycles. The number of nitrogens with zero attached hydrogens (tertiary/aromatic N) is 3. The highest BCUT2D eigenvalue weighted by Gasteiger charge is 2.46. The van der Waals surface area contributed by atoms with Crippen LogP contribution in [0.5, 0.6) is 0 Å². The molecule has 0 radical (unpaired) electrons. The molecule has 2 aromatic carbocycles. The van der Waals surface area contributed by atoms with Gasteiger partial charge < -0.3 is 14.9 Å². The number of nitro benzene ring substituents is 1. The Hall–Kier alpha value is -3.52. The molecule has 0 saturated carbocycles. The molecule has 1 fully saturated rings. The zero-order chi connectivity index (χ0) is 22.7. The van der Waals surface area contributed by atoms with Gasteiger partial charge in [0.05, 0.1) is 16.5 Å². The fourth-order valence-electron chi connectivity index (χ4n) is 3.69. The number of non-ortho nitro benzene ring substituents is 1. The van der Waals surface area contributed by atoms with Gasteiger partial charge in [-0.1, -0.05) is 42.0 Å². The van der Waals surface area contributed by atoms with Gasteiger partial charge in [-0.3, -0.25) is 19.7 Å². The minimum absolute atomic E-state index is 0.0563. The number of carbonyl (C=O) groups excluding carboxylic acids is 2. The van der Waals surface area contributed by atoms with Crippen LogP contribution in [0.1, 0.15) is 29.2 Å². The normalized spacial score (nSPS) is 18.1. The van der Waals surface area contributed by atoms with E-state index < -0.39 is 22.7 Å². The summed E-state index contributed by atoms with van der Waals surface area (Å²) in [5.41, 5.74) is 1.60. The first-order chi connectivity index (χ1) is 14.7. The summed E-state index contributed by atoms with van der Waals surface area (Å²) in [5.74, 6) is -1.80. The number of aliphatic hydroxyl groups excluding tert-OH is 1. The molecular weight excluding hydrogens is 398 g/mol. The molecular formula is C23H25N3O5. The predicted molar refractivity (Wildman–Crippen MR) is 116 cm³/mol. The second-order valence-electron chi connectivity index (χ2n) is 7.87. The van der Waals surface area contributed by atoms with Gasteiger partial charge in [-0.25, -0.2) is 0 Å². The molecule has 3 rings (SSSR count). The van der Waals surface area contributed by atoms with Crippen molar-refractivity contribution in [1.29, 1.82) is 0 Å². The Morgan fingerprint density at radius 1 is 1.16 bits per heavy atom. The van der Waals surface area contributed by atoms with Crippen LogP contribution in [0.2, 0.25) is 0 Å². The lowest BCUT2D eigenvalue weighted by molar-refractivity contribution is -0.384. The van der Waals surface area contributed by atoms with Gasteiger partial charge in [-0.15, -0.1) is 0 Å². The number of aliphatic hydroxyl groups is 1. The van der Waals surface area contributed by atoms with E-state index in [2.05, 4.69) is 0 Å². The molecule has 8 nitrogen and oxygen atoms in total. The lowest BCUT2D eigenvalue weighted by Crippen LogP contribution is -2.32. The number of benzene rings is 2. The van der Waals surface area contributed by atoms with E-state index in [9.17, 15) is 24.8 Å².